The molecule has 0 fully saturated rings. The van der Waals surface area contributed by atoms with Gasteiger partial charge in [-0.2, -0.15) is 0 Å². The number of hydrogen-bond acceptors (Lipinski definition) is 1. The summed E-state index contributed by atoms with van der Waals surface area (Å²) in [6.45, 7) is 3.18. The molecule has 0 atom stereocenters. The van der Waals surface area contributed by atoms with Gasteiger partial charge in [-0.15, -0.1) is 0 Å². The lowest BCUT2D eigenvalue weighted by atomic mass is 10.1. The second-order valence-corrected chi connectivity index (χ2v) is 5.08. The van der Waals surface area contributed by atoms with Crippen molar-refractivity contribution in [1.29, 1.82) is 0 Å². The third-order valence-electron chi connectivity index (χ3n) is 2.24. The smallest absolute Gasteiger partial charge is 0.161 e. The molecule has 0 heterocycles. The Bertz CT molecular complexity index is 223. The fourth-order valence-electron chi connectivity index (χ4n) is 1.37. The molecule has 0 aliphatic carbocycles. The van der Waals surface area contributed by atoms with Gasteiger partial charge in [0, 0.05) is 6.61 Å². The molecule has 2 heteroatoms. The average Bonchev–Trinajstić information content (AvgIpc) is 2.25. The maximum Gasteiger partial charge on any atom is 0.161 e. The predicted molar refractivity (Wildman–Crippen MR) is 64.4 cm³/mol. The Hall–Kier alpha value is -0.603. The normalized spacial score (nSPS) is 11.2. The highest BCUT2D eigenvalue weighted by Gasteiger charge is 1.92. The molecule has 0 amide bonds. The second-order valence-electron chi connectivity index (χ2n) is 3.56. The van der Waals surface area contributed by atoms with E-state index in [4.69, 9.17) is 4.43 Å². The lowest BCUT2D eigenvalue weighted by Gasteiger charge is -2.03. The zero-order chi connectivity index (χ0) is 10.1. The van der Waals surface area contributed by atoms with Crippen LogP contribution in [0.5, 0.6) is 0 Å². The summed E-state index contributed by atoms with van der Waals surface area (Å²) >= 11 is 0. The number of benzene rings is 1. The van der Waals surface area contributed by atoms with Crippen LogP contribution in [0.4, 0.5) is 0 Å². The Balaban J connectivity index is 1.99. The van der Waals surface area contributed by atoms with Gasteiger partial charge in [0.2, 0.25) is 0 Å². The van der Waals surface area contributed by atoms with Crippen LogP contribution in [0, 0.1) is 0 Å². The monoisotopic (exact) mass is 208 g/mol. The summed E-state index contributed by atoms with van der Waals surface area (Å²) in [5.74, 6) is 0. The molecule has 0 aliphatic rings. The molecule has 78 valence electrons. The van der Waals surface area contributed by atoms with E-state index in [1.165, 1.54) is 24.4 Å². The molecule has 0 N–H and O–H groups in total. The Morgan fingerprint density at radius 3 is 2.71 bits per heavy atom. The Morgan fingerprint density at radius 2 is 2.00 bits per heavy atom. The Kier molecular flexibility index (Phi) is 6.37. The Labute approximate surface area is 89.4 Å². The highest BCUT2D eigenvalue weighted by molar-refractivity contribution is 6.26. The molecule has 1 rings (SSSR count). The molecule has 1 aromatic rings. The van der Waals surface area contributed by atoms with Gasteiger partial charge in [0.25, 0.3) is 0 Å². The van der Waals surface area contributed by atoms with Crippen LogP contribution in [0.2, 0.25) is 6.04 Å². The molecule has 0 saturated carbocycles. The summed E-state index contributed by atoms with van der Waals surface area (Å²) < 4.78 is 5.63. The third-order valence-corrected chi connectivity index (χ3v) is 3.81. The van der Waals surface area contributed by atoms with E-state index in [0.717, 1.165) is 13.0 Å². The van der Waals surface area contributed by atoms with Gasteiger partial charge in [-0.25, -0.2) is 0 Å². The number of rotatable bonds is 7. The zero-order valence-electron chi connectivity index (χ0n) is 9.04. The van der Waals surface area contributed by atoms with Crippen molar-refractivity contribution >= 4 is 9.76 Å². The van der Waals surface area contributed by atoms with Gasteiger partial charge in [0.05, 0.1) is 0 Å². The molecule has 0 unspecified atom stereocenters. The summed E-state index contributed by atoms with van der Waals surface area (Å²) in [7, 11) is -0.189. The predicted octanol–water partition coefficient (Wildman–Crippen LogP) is 2.55. The van der Waals surface area contributed by atoms with Gasteiger partial charge in [-0.05, 0) is 24.4 Å². The maximum absolute atomic E-state index is 5.63. The molecule has 0 bridgehead atoms. The second kappa shape index (κ2) is 7.77. The van der Waals surface area contributed by atoms with E-state index in [1.54, 1.807) is 0 Å². The van der Waals surface area contributed by atoms with E-state index in [1.807, 2.05) is 0 Å². The van der Waals surface area contributed by atoms with E-state index in [2.05, 4.69) is 37.3 Å². The SMILES string of the molecule is CCC[SiH2]OCCCc1ccccc1. The summed E-state index contributed by atoms with van der Waals surface area (Å²) in [5, 5.41) is 0. The van der Waals surface area contributed by atoms with Gasteiger partial charge in [-0.1, -0.05) is 43.7 Å². The van der Waals surface area contributed by atoms with Crippen molar-refractivity contribution in [3.63, 3.8) is 0 Å². The van der Waals surface area contributed by atoms with Crippen LogP contribution in [0.3, 0.4) is 0 Å². The van der Waals surface area contributed by atoms with Crippen molar-refractivity contribution in [2.24, 2.45) is 0 Å². The minimum absolute atomic E-state index is 0.189. The van der Waals surface area contributed by atoms with Gasteiger partial charge < -0.3 is 4.43 Å². The van der Waals surface area contributed by atoms with Crippen molar-refractivity contribution in [2.45, 2.75) is 32.2 Å². The first-order valence-corrected chi connectivity index (χ1v) is 7.13. The quantitative estimate of drug-likeness (QED) is 0.494. The average molecular weight is 208 g/mol. The van der Waals surface area contributed by atoms with Gasteiger partial charge in [-0.3, -0.25) is 0 Å². The molecular weight excluding hydrogens is 188 g/mol. The molecule has 0 saturated heterocycles. The lowest BCUT2D eigenvalue weighted by molar-refractivity contribution is 0.327. The molecule has 0 aromatic heterocycles. The zero-order valence-corrected chi connectivity index (χ0v) is 10.5. The van der Waals surface area contributed by atoms with E-state index in [0.29, 0.717) is 0 Å². The van der Waals surface area contributed by atoms with E-state index < -0.39 is 0 Å². The molecule has 0 aliphatic heterocycles. The summed E-state index contributed by atoms with van der Waals surface area (Å²) in [4.78, 5) is 0. The van der Waals surface area contributed by atoms with E-state index in [-0.39, 0.29) is 9.76 Å². The van der Waals surface area contributed by atoms with Gasteiger partial charge in [0.15, 0.2) is 9.76 Å². The maximum atomic E-state index is 5.63. The first-order chi connectivity index (χ1) is 6.93. The molecule has 1 aromatic carbocycles. The highest BCUT2D eigenvalue weighted by Crippen LogP contribution is 2.02. The number of aryl methyl sites for hydroxylation is 1. The van der Waals surface area contributed by atoms with Crippen LogP contribution in [-0.4, -0.2) is 16.4 Å². The topological polar surface area (TPSA) is 9.23 Å². The highest BCUT2D eigenvalue weighted by atomic mass is 28.2. The first-order valence-electron chi connectivity index (χ1n) is 5.55. The van der Waals surface area contributed by atoms with Crippen molar-refractivity contribution in [1.82, 2.24) is 0 Å². The fourth-order valence-corrected chi connectivity index (χ4v) is 2.27. The van der Waals surface area contributed by atoms with E-state index in [9.17, 15) is 0 Å². The van der Waals surface area contributed by atoms with Crippen LogP contribution in [0.25, 0.3) is 0 Å². The summed E-state index contributed by atoms with van der Waals surface area (Å²) in [6.07, 6.45) is 3.60. The van der Waals surface area contributed by atoms with Crippen LogP contribution < -0.4 is 0 Å². The molecule has 0 radical (unpaired) electrons. The van der Waals surface area contributed by atoms with Crippen molar-refractivity contribution in [2.75, 3.05) is 6.61 Å². The van der Waals surface area contributed by atoms with Crippen LogP contribution in [0.1, 0.15) is 25.3 Å². The van der Waals surface area contributed by atoms with Crippen LogP contribution >= 0.6 is 0 Å². The minimum Gasteiger partial charge on any atom is -0.424 e. The van der Waals surface area contributed by atoms with Crippen molar-refractivity contribution < 1.29 is 4.43 Å². The molecule has 1 nitrogen and oxygen atoms in total. The van der Waals surface area contributed by atoms with Gasteiger partial charge in [0.1, 0.15) is 0 Å². The fraction of sp³-hybridized carbons (Fsp3) is 0.500. The third kappa shape index (κ3) is 5.20. The van der Waals surface area contributed by atoms with Crippen molar-refractivity contribution in [3.05, 3.63) is 35.9 Å². The molecule has 0 spiro atoms. The summed E-state index contributed by atoms with van der Waals surface area (Å²) in [5.41, 5.74) is 1.42. The first kappa shape index (κ1) is 11.5. The Morgan fingerprint density at radius 1 is 1.21 bits per heavy atom. The van der Waals surface area contributed by atoms with Crippen LogP contribution in [-0.2, 0) is 10.8 Å². The number of hydrogen-bond donors (Lipinski definition) is 0. The lowest BCUT2D eigenvalue weighted by Crippen LogP contribution is -2.01. The molecule has 14 heavy (non-hydrogen) atoms. The van der Waals surface area contributed by atoms with Crippen molar-refractivity contribution in [3.8, 4) is 0 Å². The minimum atomic E-state index is -0.189. The molecular formula is C12H20OSi. The van der Waals surface area contributed by atoms with Crippen LogP contribution in [0.15, 0.2) is 30.3 Å². The summed E-state index contributed by atoms with van der Waals surface area (Å²) in [6, 6.07) is 12.0. The standard InChI is InChI=1S/C12H20OSi/c1-2-11-14-13-10-6-9-12-7-4-3-5-8-12/h3-5,7-8H,2,6,9-11,14H2,1H3. The largest absolute Gasteiger partial charge is 0.424 e. The van der Waals surface area contributed by atoms with E-state index >= 15 is 0 Å². The van der Waals surface area contributed by atoms with Gasteiger partial charge >= 0.3 is 0 Å².